The van der Waals surface area contributed by atoms with Crippen molar-refractivity contribution in [2.45, 2.75) is 29.7 Å². The van der Waals surface area contributed by atoms with E-state index in [4.69, 9.17) is 0 Å². The van der Waals surface area contributed by atoms with Gasteiger partial charge in [-0.15, -0.1) is 0 Å². The van der Waals surface area contributed by atoms with Crippen molar-refractivity contribution >= 4 is 57.9 Å². The Morgan fingerprint density at radius 1 is 0.976 bits per heavy atom. The van der Waals surface area contributed by atoms with Gasteiger partial charge in [0.1, 0.15) is 17.5 Å². The predicted molar refractivity (Wildman–Crippen MR) is 157 cm³/mol. The third kappa shape index (κ3) is 4.76. The second kappa shape index (κ2) is 10.6. The summed E-state index contributed by atoms with van der Waals surface area (Å²) in [6, 6.07) is 18.6. The highest BCUT2D eigenvalue weighted by Gasteiger charge is 2.56. The number of nitro groups is 1. The third-order valence-electron chi connectivity index (χ3n) is 7.26. The number of phenolic OH excluding ortho intramolecular Hbond substituents is 1. The van der Waals surface area contributed by atoms with Crippen molar-refractivity contribution in [2.75, 3.05) is 10.2 Å². The number of carbonyl (C=O) groups excluding carboxylic acids is 3. The maximum atomic E-state index is 13.9. The quantitative estimate of drug-likeness (QED) is 0.189. The van der Waals surface area contributed by atoms with Crippen molar-refractivity contribution in [3.63, 3.8) is 0 Å². The summed E-state index contributed by atoms with van der Waals surface area (Å²) in [6.45, 7) is 1.63. The largest absolute Gasteiger partial charge is 0.508 e. The number of anilines is 2. The van der Waals surface area contributed by atoms with Gasteiger partial charge in [-0.1, -0.05) is 52.9 Å². The number of aromatic hydroxyl groups is 1. The maximum Gasteiger partial charge on any atom is 0.308 e. The number of non-ortho nitro benzene ring substituents is 1. The van der Waals surface area contributed by atoms with Gasteiger partial charge >= 0.3 is 4.87 Å². The number of benzene rings is 3. The Bertz CT molecular complexity index is 1800. The van der Waals surface area contributed by atoms with Crippen molar-refractivity contribution in [1.29, 1.82) is 0 Å². The number of nitrogens with one attached hydrogen (secondary N) is 1. The monoisotopic (exact) mass is 602 g/mol. The fourth-order valence-electron chi connectivity index (χ4n) is 5.26. The van der Waals surface area contributed by atoms with E-state index in [2.05, 4.69) is 5.32 Å². The fourth-order valence-corrected chi connectivity index (χ4v) is 8.03. The minimum Gasteiger partial charge on any atom is -0.508 e. The molecule has 11 nitrogen and oxygen atoms in total. The van der Waals surface area contributed by atoms with Crippen molar-refractivity contribution in [3.05, 3.63) is 109 Å². The van der Waals surface area contributed by atoms with E-state index in [1.54, 1.807) is 24.3 Å². The molecule has 1 fully saturated rings. The lowest BCUT2D eigenvalue weighted by Gasteiger charge is -2.30. The molecule has 2 aliphatic rings. The number of nitrogens with zero attached hydrogens (tertiary/aromatic N) is 3. The summed E-state index contributed by atoms with van der Waals surface area (Å²) in [4.78, 5) is 65.6. The number of thioether (sulfide) groups is 1. The summed E-state index contributed by atoms with van der Waals surface area (Å²) < 4.78 is 1.32. The second-order valence-corrected chi connectivity index (χ2v) is 12.1. The molecule has 212 valence electrons. The summed E-state index contributed by atoms with van der Waals surface area (Å²) in [5.41, 5.74) is 2.25. The number of phenols is 1. The Morgan fingerprint density at radius 3 is 2.29 bits per heavy atom. The van der Waals surface area contributed by atoms with E-state index < -0.39 is 44.6 Å². The van der Waals surface area contributed by atoms with Gasteiger partial charge in [0.25, 0.3) is 5.69 Å². The molecule has 1 saturated heterocycles. The molecule has 2 unspecified atom stereocenters. The number of fused-ring (bicyclic) bond motifs is 2. The predicted octanol–water partition coefficient (Wildman–Crippen LogP) is 4.27. The molecular formula is C29H22N4O7S2. The lowest BCUT2D eigenvalue weighted by atomic mass is 9.83. The van der Waals surface area contributed by atoms with Crippen molar-refractivity contribution < 1.29 is 24.4 Å². The van der Waals surface area contributed by atoms with Gasteiger partial charge in [0.15, 0.2) is 0 Å². The molecule has 2 aliphatic heterocycles. The minimum atomic E-state index is -0.917. The summed E-state index contributed by atoms with van der Waals surface area (Å²) >= 11 is 1.98. The van der Waals surface area contributed by atoms with Crippen molar-refractivity contribution in [3.8, 4) is 5.75 Å². The SMILES string of the molecule is Cc1ccc(NC(=O)Cn2c3c(sc2=O)[C@@H](c2ccc(O)cc2)C2C(=O)N(c4ccc([N+](=O)[O-])cc4)C(=O)C2S3)cc1. The van der Waals surface area contributed by atoms with Gasteiger partial charge in [-0.25, -0.2) is 4.90 Å². The standard InChI is InChI=1S/C29H22N4O7S2/c1-15-2-6-17(7-3-15)30-21(35)14-31-28-25(42-29(31)38)22(16-4-12-20(34)13-5-16)23-24(41-28)27(37)32(26(23)36)18-8-10-19(11-9-18)33(39)40/h2-13,22-24,34H,14H2,1H3,(H,30,35)/t22-,23?,24?/m0/s1. The van der Waals surface area contributed by atoms with Crippen LogP contribution in [0.4, 0.5) is 17.1 Å². The molecule has 0 radical (unpaired) electrons. The smallest absolute Gasteiger partial charge is 0.308 e. The molecule has 13 heteroatoms. The third-order valence-corrected chi connectivity index (χ3v) is 9.86. The lowest BCUT2D eigenvalue weighted by molar-refractivity contribution is -0.384. The van der Waals surface area contributed by atoms with Gasteiger partial charge in [0.2, 0.25) is 17.7 Å². The summed E-state index contributed by atoms with van der Waals surface area (Å²) in [5, 5.41) is 23.3. The number of rotatable bonds is 6. The van der Waals surface area contributed by atoms with Crippen LogP contribution in [0.5, 0.6) is 5.75 Å². The molecule has 0 saturated carbocycles. The van der Waals surface area contributed by atoms with Crippen LogP contribution in [0.1, 0.15) is 21.9 Å². The zero-order valence-corrected chi connectivity index (χ0v) is 23.6. The summed E-state index contributed by atoms with van der Waals surface area (Å²) in [5.74, 6) is -3.02. The second-order valence-electron chi connectivity index (χ2n) is 9.96. The van der Waals surface area contributed by atoms with Crippen LogP contribution in [-0.4, -0.2) is 37.6 Å². The number of aryl methyl sites for hydroxylation is 1. The normalized spacial score (nSPS) is 19.4. The van der Waals surface area contributed by atoms with Crippen LogP contribution in [0.2, 0.25) is 0 Å². The van der Waals surface area contributed by atoms with Crippen LogP contribution in [0, 0.1) is 23.0 Å². The molecule has 42 heavy (non-hydrogen) atoms. The number of carbonyl (C=O) groups is 3. The summed E-state index contributed by atoms with van der Waals surface area (Å²) in [7, 11) is 0. The van der Waals surface area contributed by atoms with E-state index in [9.17, 15) is 34.4 Å². The molecule has 1 aromatic heterocycles. The van der Waals surface area contributed by atoms with E-state index >= 15 is 0 Å². The molecule has 0 bridgehead atoms. The average Bonchev–Trinajstić information content (AvgIpc) is 3.41. The van der Waals surface area contributed by atoms with E-state index in [0.29, 0.717) is 21.2 Å². The van der Waals surface area contributed by atoms with Crippen LogP contribution in [0.25, 0.3) is 0 Å². The van der Waals surface area contributed by atoms with Crippen LogP contribution in [0.3, 0.4) is 0 Å². The molecule has 0 aliphatic carbocycles. The van der Waals surface area contributed by atoms with Gasteiger partial charge < -0.3 is 10.4 Å². The number of thiazole rings is 1. The fraction of sp³-hybridized carbons (Fsp3) is 0.172. The number of amides is 3. The number of hydrogen-bond acceptors (Lipinski definition) is 9. The molecule has 4 aromatic rings. The highest BCUT2D eigenvalue weighted by Crippen LogP contribution is 2.54. The van der Waals surface area contributed by atoms with Gasteiger partial charge in [-0.2, -0.15) is 0 Å². The van der Waals surface area contributed by atoms with Gasteiger partial charge in [0.05, 0.1) is 21.6 Å². The zero-order chi connectivity index (χ0) is 29.7. The highest BCUT2D eigenvalue weighted by atomic mass is 32.2. The number of hydrogen-bond donors (Lipinski definition) is 2. The molecule has 2 N–H and O–H groups in total. The Balaban J connectivity index is 1.39. The Kier molecular flexibility index (Phi) is 6.91. The maximum absolute atomic E-state index is 13.9. The molecule has 0 spiro atoms. The van der Waals surface area contributed by atoms with Gasteiger partial charge in [-0.3, -0.25) is 33.9 Å². The Morgan fingerprint density at radius 2 is 1.64 bits per heavy atom. The minimum absolute atomic E-state index is 0.0144. The van der Waals surface area contributed by atoms with Gasteiger partial charge in [-0.05, 0) is 48.9 Å². The van der Waals surface area contributed by atoms with E-state index in [0.717, 1.165) is 33.6 Å². The van der Waals surface area contributed by atoms with Crippen LogP contribution in [0.15, 0.2) is 82.6 Å². The first-order valence-corrected chi connectivity index (χ1v) is 14.5. The van der Waals surface area contributed by atoms with Crippen molar-refractivity contribution in [2.24, 2.45) is 5.92 Å². The Labute approximate surface area is 246 Å². The molecule has 3 atom stereocenters. The first kappa shape index (κ1) is 27.4. The number of imide groups is 1. The van der Waals surface area contributed by atoms with E-state index in [1.807, 2.05) is 19.1 Å². The average molecular weight is 603 g/mol. The molecule has 6 rings (SSSR count). The highest BCUT2D eigenvalue weighted by molar-refractivity contribution is 8.00. The van der Waals surface area contributed by atoms with Crippen molar-refractivity contribution in [1.82, 2.24) is 4.57 Å². The van der Waals surface area contributed by atoms with E-state index in [-0.39, 0.29) is 23.7 Å². The summed E-state index contributed by atoms with van der Waals surface area (Å²) in [6.07, 6.45) is 0. The van der Waals surface area contributed by atoms with Crippen LogP contribution < -0.4 is 15.1 Å². The molecule has 3 aromatic carbocycles. The van der Waals surface area contributed by atoms with Gasteiger partial charge in [0, 0.05) is 28.6 Å². The van der Waals surface area contributed by atoms with Crippen LogP contribution in [-0.2, 0) is 20.9 Å². The molecule has 3 amide bonds. The number of aromatic nitrogens is 1. The number of nitro benzene ring substituents is 1. The van der Waals surface area contributed by atoms with E-state index in [1.165, 1.54) is 41.0 Å². The lowest BCUT2D eigenvalue weighted by Crippen LogP contribution is -2.33. The Hall–Kier alpha value is -4.75. The first-order chi connectivity index (χ1) is 20.1. The molecular weight excluding hydrogens is 580 g/mol. The topological polar surface area (TPSA) is 152 Å². The first-order valence-electron chi connectivity index (χ1n) is 12.8. The molecule has 3 heterocycles. The zero-order valence-electron chi connectivity index (χ0n) is 21.9. The van der Waals surface area contributed by atoms with Crippen LogP contribution >= 0.6 is 23.1 Å².